The van der Waals surface area contributed by atoms with Crippen molar-refractivity contribution >= 4 is 44.2 Å². The number of hydrogen-bond acceptors (Lipinski definition) is 6. The van der Waals surface area contributed by atoms with Crippen LogP contribution >= 0.6 is 11.7 Å². The van der Waals surface area contributed by atoms with Crippen LogP contribution in [0.25, 0.3) is 11.0 Å². The number of hydrogen-bond donors (Lipinski definition) is 1. The van der Waals surface area contributed by atoms with E-state index in [2.05, 4.69) is 14.1 Å². The second-order valence-electron chi connectivity index (χ2n) is 4.87. The van der Waals surface area contributed by atoms with Gasteiger partial charge in [-0.25, -0.2) is 8.42 Å². The normalized spacial score (nSPS) is 11.5. The molecule has 6 nitrogen and oxygen atoms in total. The molecule has 0 aliphatic rings. The SMILES string of the molecule is O=C(CCS(=O)(=O)c1cccc2nsnc12)Nc1ccccc1. The quantitative estimate of drug-likeness (QED) is 0.766. The van der Waals surface area contributed by atoms with Crippen molar-refractivity contribution in [3.8, 4) is 0 Å². The summed E-state index contributed by atoms with van der Waals surface area (Å²) in [5.74, 6) is -0.620. The van der Waals surface area contributed by atoms with Crippen LogP contribution in [-0.4, -0.2) is 28.8 Å². The molecule has 0 radical (unpaired) electrons. The van der Waals surface area contributed by atoms with Crippen LogP contribution in [0, 0.1) is 0 Å². The number of carbonyl (C=O) groups is 1. The Hall–Kier alpha value is -2.32. The van der Waals surface area contributed by atoms with Crippen molar-refractivity contribution in [1.82, 2.24) is 8.75 Å². The van der Waals surface area contributed by atoms with Gasteiger partial charge in [0.1, 0.15) is 11.0 Å². The Kier molecular flexibility index (Phi) is 4.35. The minimum atomic E-state index is -3.60. The van der Waals surface area contributed by atoms with Gasteiger partial charge in [-0.1, -0.05) is 24.3 Å². The van der Waals surface area contributed by atoms with E-state index in [-0.39, 0.29) is 23.0 Å². The molecule has 2 aromatic carbocycles. The van der Waals surface area contributed by atoms with E-state index >= 15 is 0 Å². The fourth-order valence-electron chi connectivity index (χ4n) is 2.11. The molecular weight excluding hydrogens is 334 g/mol. The van der Waals surface area contributed by atoms with E-state index in [0.717, 1.165) is 11.7 Å². The average molecular weight is 347 g/mol. The molecule has 0 saturated carbocycles. The number of anilines is 1. The summed E-state index contributed by atoms with van der Waals surface area (Å²) in [5, 5.41) is 2.67. The number of amides is 1. The predicted octanol–water partition coefficient (Wildman–Crippen LogP) is 2.49. The Morgan fingerprint density at radius 3 is 2.61 bits per heavy atom. The zero-order valence-electron chi connectivity index (χ0n) is 12.0. The van der Waals surface area contributed by atoms with E-state index in [1.165, 1.54) is 6.07 Å². The fourth-order valence-corrected chi connectivity index (χ4v) is 4.13. The van der Waals surface area contributed by atoms with Gasteiger partial charge in [-0.05, 0) is 24.3 Å². The predicted molar refractivity (Wildman–Crippen MR) is 89.2 cm³/mol. The molecule has 3 aromatic rings. The smallest absolute Gasteiger partial charge is 0.225 e. The highest BCUT2D eigenvalue weighted by Gasteiger charge is 2.20. The highest BCUT2D eigenvalue weighted by molar-refractivity contribution is 7.91. The van der Waals surface area contributed by atoms with Gasteiger partial charge in [0.2, 0.25) is 5.91 Å². The molecule has 118 valence electrons. The zero-order chi connectivity index (χ0) is 16.3. The Bertz CT molecular complexity index is 937. The van der Waals surface area contributed by atoms with Crippen LogP contribution in [0.3, 0.4) is 0 Å². The van der Waals surface area contributed by atoms with Crippen LogP contribution < -0.4 is 5.32 Å². The van der Waals surface area contributed by atoms with Crippen LogP contribution in [0.15, 0.2) is 53.4 Å². The lowest BCUT2D eigenvalue weighted by molar-refractivity contribution is -0.115. The standard InChI is InChI=1S/C15H13N3O3S2/c19-14(16-11-5-2-1-3-6-11)9-10-23(20,21)13-8-4-7-12-15(13)18-22-17-12/h1-8H,9-10H2,(H,16,19). The lowest BCUT2D eigenvalue weighted by Crippen LogP contribution is -2.17. The number of benzene rings is 2. The van der Waals surface area contributed by atoms with E-state index in [1.807, 2.05) is 6.07 Å². The molecule has 0 aliphatic carbocycles. The van der Waals surface area contributed by atoms with Gasteiger partial charge in [0.15, 0.2) is 9.84 Å². The molecule has 8 heteroatoms. The maximum Gasteiger partial charge on any atom is 0.225 e. The number of nitrogens with zero attached hydrogens (tertiary/aromatic N) is 2. The molecule has 0 unspecified atom stereocenters. The molecule has 0 bridgehead atoms. The molecule has 0 fully saturated rings. The summed E-state index contributed by atoms with van der Waals surface area (Å²) in [6, 6.07) is 13.7. The second kappa shape index (κ2) is 6.43. The zero-order valence-corrected chi connectivity index (χ0v) is 13.6. The Balaban J connectivity index is 1.72. The second-order valence-corrected chi connectivity index (χ2v) is 7.48. The maximum atomic E-state index is 12.5. The van der Waals surface area contributed by atoms with Gasteiger partial charge < -0.3 is 5.32 Å². The van der Waals surface area contributed by atoms with Crippen molar-refractivity contribution in [2.75, 3.05) is 11.1 Å². The third kappa shape index (κ3) is 3.54. The first-order chi connectivity index (χ1) is 11.1. The van der Waals surface area contributed by atoms with Crippen molar-refractivity contribution in [1.29, 1.82) is 0 Å². The van der Waals surface area contributed by atoms with Crippen LogP contribution in [0.5, 0.6) is 0 Å². The van der Waals surface area contributed by atoms with Gasteiger partial charge in [-0.3, -0.25) is 4.79 Å². The minimum Gasteiger partial charge on any atom is -0.326 e. The molecule has 0 spiro atoms. The Labute approximate surface area is 137 Å². The van der Waals surface area contributed by atoms with E-state index in [0.29, 0.717) is 16.7 Å². The highest BCUT2D eigenvalue weighted by atomic mass is 32.2. The lowest BCUT2D eigenvalue weighted by Gasteiger charge is -2.06. The van der Waals surface area contributed by atoms with Gasteiger partial charge in [0.25, 0.3) is 0 Å². The average Bonchev–Trinajstić information content (AvgIpc) is 3.02. The third-order valence-electron chi connectivity index (χ3n) is 3.24. The van der Waals surface area contributed by atoms with Gasteiger partial charge in [-0.15, -0.1) is 0 Å². The first-order valence-corrected chi connectivity index (χ1v) is 9.23. The number of fused-ring (bicyclic) bond motifs is 1. The van der Waals surface area contributed by atoms with Crippen molar-refractivity contribution in [3.63, 3.8) is 0 Å². The molecule has 0 saturated heterocycles. The molecule has 0 atom stereocenters. The largest absolute Gasteiger partial charge is 0.326 e. The Morgan fingerprint density at radius 1 is 1.04 bits per heavy atom. The molecule has 1 N–H and O–H groups in total. The number of aromatic nitrogens is 2. The van der Waals surface area contributed by atoms with Crippen molar-refractivity contribution < 1.29 is 13.2 Å². The summed E-state index contributed by atoms with van der Waals surface area (Å²) in [6.07, 6.45) is -0.120. The van der Waals surface area contributed by atoms with Gasteiger partial charge in [0.05, 0.1) is 22.4 Å². The summed E-state index contributed by atoms with van der Waals surface area (Å²) >= 11 is 0.966. The van der Waals surface area contributed by atoms with Crippen molar-refractivity contribution in [2.45, 2.75) is 11.3 Å². The lowest BCUT2D eigenvalue weighted by atomic mass is 10.3. The monoisotopic (exact) mass is 347 g/mol. The van der Waals surface area contributed by atoms with Crippen molar-refractivity contribution in [3.05, 3.63) is 48.5 Å². The van der Waals surface area contributed by atoms with E-state index in [4.69, 9.17) is 0 Å². The molecule has 1 amide bonds. The number of nitrogens with one attached hydrogen (secondary N) is 1. The molecule has 0 aliphatic heterocycles. The van der Waals surface area contributed by atoms with Gasteiger partial charge in [-0.2, -0.15) is 8.75 Å². The van der Waals surface area contributed by atoms with Crippen LogP contribution in [0.2, 0.25) is 0 Å². The summed E-state index contributed by atoms with van der Waals surface area (Å²) in [7, 11) is -3.60. The third-order valence-corrected chi connectivity index (χ3v) is 5.52. The van der Waals surface area contributed by atoms with Crippen molar-refractivity contribution in [2.24, 2.45) is 0 Å². The van der Waals surface area contributed by atoms with E-state index < -0.39 is 9.84 Å². The topological polar surface area (TPSA) is 89.0 Å². The molecule has 3 rings (SSSR count). The summed E-state index contributed by atoms with van der Waals surface area (Å²) in [6.45, 7) is 0. The number of para-hydroxylation sites is 1. The molecule has 1 heterocycles. The summed E-state index contributed by atoms with van der Waals surface area (Å²) in [5.41, 5.74) is 1.55. The first-order valence-electron chi connectivity index (χ1n) is 6.85. The van der Waals surface area contributed by atoms with Gasteiger partial charge in [0, 0.05) is 12.1 Å². The summed E-state index contributed by atoms with van der Waals surface area (Å²) < 4.78 is 33.0. The number of sulfone groups is 1. The highest BCUT2D eigenvalue weighted by Crippen LogP contribution is 2.22. The molecule has 23 heavy (non-hydrogen) atoms. The minimum absolute atomic E-state index is 0.120. The molecular formula is C15H13N3O3S2. The molecule has 1 aromatic heterocycles. The van der Waals surface area contributed by atoms with Crippen LogP contribution in [0.1, 0.15) is 6.42 Å². The number of rotatable bonds is 5. The maximum absolute atomic E-state index is 12.5. The van der Waals surface area contributed by atoms with E-state index in [1.54, 1.807) is 36.4 Å². The fraction of sp³-hybridized carbons (Fsp3) is 0.133. The first kappa shape index (κ1) is 15.6. The Morgan fingerprint density at radius 2 is 1.83 bits per heavy atom. The van der Waals surface area contributed by atoms with Gasteiger partial charge >= 0.3 is 0 Å². The number of carbonyl (C=O) groups excluding carboxylic acids is 1. The van der Waals surface area contributed by atoms with Crippen LogP contribution in [0.4, 0.5) is 5.69 Å². The van der Waals surface area contributed by atoms with Crippen LogP contribution in [-0.2, 0) is 14.6 Å². The summed E-state index contributed by atoms with van der Waals surface area (Å²) in [4.78, 5) is 12.0. The van der Waals surface area contributed by atoms with E-state index in [9.17, 15) is 13.2 Å².